The number of benzene rings is 2. The molecule has 0 bridgehead atoms. The van der Waals surface area contributed by atoms with Gasteiger partial charge in [-0.15, -0.1) is 0 Å². The average Bonchev–Trinajstić information content (AvgIpc) is 3.01. The predicted molar refractivity (Wildman–Crippen MR) is 101 cm³/mol. The molecule has 1 aliphatic heterocycles. The maximum absolute atomic E-state index is 12.6. The highest BCUT2D eigenvalue weighted by atomic mass is 16.1. The minimum Gasteiger partial charge on any atom is -0.372 e. The normalized spacial score (nSPS) is 14.8. The molecule has 2 heterocycles. The predicted octanol–water partition coefficient (Wildman–Crippen LogP) is 2.28. The second-order valence-electron chi connectivity index (χ2n) is 6.40. The van der Waals surface area contributed by atoms with Crippen LogP contribution in [0.5, 0.6) is 0 Å². The van der Waals surface area contributed by atoms with Crippen molar-refractivity contribution in [3.05, 3.63) is 76.7 Å². The molecule has 3 aromatic rings. The SMILES string of the molecule is C=C(Cc1cccc2c1c(=O)[nH]n2-c1ccccc1)N1CCNCC1. The van der Waals surface area contributed by atoms with Gasteiger partial charge in [0.25, 0.3) is 5.56 Å². The third kappa shape index (κ3) is 2.98. The smallest absolute Gasteiger partial charge is 0.272 e. The Labute approximate surface area is 146 Å². The molecular weight excluding hydrogens is 312 g/mol. The van der Waals surface area contributed by atoms with Gasteiger partial charge in [0, 0.05) is 38.3 Å². The van der Waals surface area contributed by atoms with Crippen molar-refractivity contribution in [2.45, 2.75) is 6.42 Å². The molecule has 2 aromatic carbocycles. The Morgan fingerprint density at radius 1 is 1.04 bits per heavy atom. The Kier molecular flexibility index (Phi) is 4.15. The number of nitrogens with one attached hydrogen (secondary N) is 2. The van der Waals surface area contributed by atoms with Crippen LogP contribution in [0.3, 0.4) is 0 Å². The molecule has 1 aromatic heterocycles. The number of hydrogen-bond acceptors (Lipinski definition) is 3. The number of H-pyrrole nitrogens is 1. The lowest BCUT2D eigenvalue weighted by Gasteiger charge is -2.31. The van der Waals surface area contributed by atoms with Gasteiger partial charge in [-0.1, -0.05) is 36.9 Å². The first-order valence-electron chi connectivity index (χ1n) is 8.65. The van der Waals surface area contributed by atoms with Crippen molar-refractivity contribution < 1.29 is 0 Å². The summed E-state index contributed by atoms with van der Waals surface area (Å²) in [4.78, 5) is 14.9. The Hall–Kier alpha value is -2.79. The number of fused-ring (bicyclic) bond motifs is 1. The maximum atomic E-state index is 12.6. The Morgan fingerprint density at radius 3 is 2.56 bits per heavy atom. The monoisotopic (exact) mass is 334 g/mol. The van der Waals surface area contributed by atoms with Crippen LogP contribution in [0.4, 0.5) is 0 Å². The zero-order chi connectivity index (χ0) is 17.2. The topological polar surface area (TPSA) is 53.1 Å². The van der Waals surface area contributed by atoms with E-state index in [1.807, 2.05) is 53.2 Å². The van der Waals surface area contributed by atoms with Crippen LogP contribution < -0.4 is 10.9 Å². The van der Waals surface area contributed by atoms with Crippen LogP contribution in [0.1, 0.15) is 5.56 Å². The molecule has 4 rings (SSSR count). The summed E-state index contributed by atoms with van der Waals surface area (Å²) in [5, 5.41) is 7.07. The fraction of sp³-hybridized carbons (Fsp3) is 0.250. The summed E-state index contributed by atoms with van der Waals surface area (Å²) in [5.41, 5.74) is 3.90. The van der Waals surface area contributed by atoms with Crippen LogP contribution in [-0.4, -0.2) is 40.9 Å². The molecule has 5 heteroatoms. The fourth-order valence-electron chi connectivity index (χ4n) is 3.49. The fourth-order valence-corrected chi connectivity index (χ4v) is 3.49. The van der Waals surface area contributed by atoms with Gasteiger partial charge in [0.05, 0.1) is 16.6 Å². The lowest BCUT2D eigenvalue weighted by Crippen LogP contribution is -2.43. The molecule has 2 N–H and O–H groups in total. The van der Waals surface area contributed by atoms with Crippen molar-refractivity contribution in [1.82, 2.24) is 20.0 Å². The van der Waals surface area contributed by atoms with Crippen molar-refractivity contribution in [1.29, 1.82) is 0 Å². The first-order valence-corrected chi connectivity index (χ1v) is 8.65. The van der Waals surface area contributed by atoms with E-state index in [-0.39, 0.29) is 5.56 Å². The second-order valence-corrected chi connectivity index (χ2v) is 6.40. The molecule has 128 valence electrons. The largest absolute Gasteiger partial charge is 0.372 e. The van der Waals surface area contributed by atoms with E-state index in [9.17, 15) is 4.79 Å². The number of aromatic amines is 1. The molecule has 1 aliphatic rings. The van der Waals surface area contributed by atoms with E-state index in [1.165, 1.54) is 0 Å². The van der Waals surface area contributed by atoms with Gasteiger partial charge in [0.15, 0.2) is 0 Å². The molecule has 0 unspecified atom stereocenters. The minimum atomic E-state index is -0.0532. The number of aromatic nitrogens is 2. The highest BCUT2D eigenvalue weighted by Gasteiger charge is 2.16. The number of rotatable bonds is 4. The molecule has 0 saturated carbocycles. The highest BCUT2D eigenvalue weighted by Crippen LogP contribution is 2.21. The summed E-state index contributed by atoms with van der Waals surface area (Å²) in [7, 11) is 0. The zero-order valence-electron chi connectivity index (χ0n) is 14.2. The number of nitrogens with zero attached hydrogens (tertiary/aromatic N) is 2. The standard InChI is InChI=1S/C20H22N4O/c1-15(23-12-10-21-11-13-23)14-16-6-5-9-18-19(16)20(25)22-24(18)17-7-3-2-4-8-17/h2-9,21H,1,10-14H2,(H,22,25). The quantitative estimate of drug-likeness (QED) is 0.770. The Morgan fingerprint density at radius 2 is 1.80 bits per heavy atom. The van der Waals surface area contributed by atoms with Crippen LogP contribution in [0.15, 0.2) is 65.6 Å². The van der Waals surface area contributed by atoms with Gasteiger partial charge in [-0.2, -0.15) is 0 Å². The molecule has 25 heavy (non-hydrogen) atoms. The summed E-state index contributed by atoms with van der Waals surface area (Å²) in [5.74, 6) is 0. The van der Waals surface area contributed by atoms with Crippen molar-refractivity contribution in [2.75, 3.05) is 26.2 Å². The van der Waals surface area contributed by atoms with E-state index in [0.29, 0.717) is 6.42 Å². The molecule has 0 aliphatic carbocycles. The second kappa shape index (κ2) is 6.61. The van der Waals surface area contributed by atoms with Crippen LogP contribution >= 0.6 is 0 Å². The summed E-state index contributed by atoms with van der Waals surface area (Å²) >= 11 is 0. The van der Waals surface area contributed by atoms with Gasteiger partial charge in [0.1, 0.15) is 0 Å². The van der Waals surface area contributed by atoms with Gasteiger partial charge < -0.3 is 10.2 Å². The van der Waals surface area contributed by atoms with Crippen molar-refractivity contribution in [2.24, 2.45) is 0 Å². The maximum Gasteiger partial charge on any atom is 0.272 e. The van der Waals surface area contributed by atoms with E-state index in [0.717, 1.165) is 54.0 Å². The Bertz CT molecular complexity index is 949. The Balaban J connectivity index is 1.72. The first-order chi connectivity index (χ1) is 12.2. The van der Waals surface area contributed by atoms with E-state index < -0.39 is 0 Å². The summed E-state index contributed by atoms with van der Waals surface area (Å²) in [6.45, 7) is 8.15. The molecule has 0 radical (unpaired) electrons. The van der Waals surface area contributed by atoms with E-state index in [2.05, 4.69) is 21.9 Å². The molecular formula is C20H22N4O. The van der Waals surface area contributed by atoms with Crippen LogP contribution in [0.2, 0.25) is 0 Å². The zero-order valence-corrected chi connectivity index (χ0v) is 14.2. The lowest BCUT2D eigenvalue weighted by atomic mass is 10.0. The number of piperazine rings is 1. The molecule has 0 atom stereocenters. The number of para-hydroxylation sites is 1. The third-order valence-electron chi connectivity index (χ3n) is 4.78. The van der Waals surface area contributed by atoms with Crippen molar-refractivity contribution in [3.8, 4) is 5.69 Å². The number of allylic oxidation sites excluding steroid dienone is 1. The van der Waals surface area contributed by atoms with Gasteiger partial charge in [0.2, 0.25) is 0 Å². The van der Waals surface area contributed by atoms with Gasteiger partial charge in [-0.05, 0) is 23.8 Å². The van der Waals surface area contributed by atoms with E-state index in [1.54, 1.807) is 0 Å². The summed E-state index contributed by atoms with van der Waals surface area (Å²) in [6.07, 6.45) is 0.694. The van der Waals surface area contributed by atoms with Gasteiger partial charge in [-0.3, -0.25) is 14.6 Å². The molecule has 1 fully saturated rings. The highest BCUT2D eigenvalue weighted by molar-refractivity contribution is 5.83. The van der Waals surface area contributed by atoms with E-state index >= 15 is 0 Å². The third-order valence-corrected chi connectivity index (χ3v) is 4.78. The first kappa shape index (κ1) is 15.7. The van der Waals surface area contributed by atoms with Gasteiger partial charge in [-0.25, -0.2) is 0 Å². The molecule has 0 spiro atoms. The number of hydrogen-bond donors (Lipinski definition) is 2. The van der Waals surface area contributed by atoms with Crippen LogP contribution in [0.25, 0.3) is 16.6 Å². The molecule has 0 amide bonds. The van der Waals surface area contributed by atoms with E-state index in [4.69, 9.17) is 0 Å². The summed E-state index contributed by atoms with van der Waals surface area (Å²) < 4.78 is 1.86. The molecule has 1 saturated heterocycles. The lowest BCUT2D eigenvalue weighted by molar-refractivity contribution is 0.295. The van der Waals surface area contributed by atoms with Gasteiger partial charge >= 0.3 is 0 Å². The molecule has 5 nitrogen and oxygen atoms in total. The minimum absolute atomic E-state index is 0.0532. The summed E-state index contributed by atoms with van der Waals surface area (Å²) in [6, 6.07) is 15.9. The average molecular weight is 334 g/mol. The van der Waals surface area contributed by atoms with Crippen molar-refractivity contribution >= 4 is 10.9 Å². The van der Waals surface area contributed by atoms with Crippen molar-refractivity contribution in [3.63, 3.8) is 0 Å². The van der Waals surface area contributed by atoms with Crippen LogP contribution in [0, 0.1) is 0 Å². The van der Waals surface area contributed by atoms with Crippen LogP contribution in [-0.2, 0) is 6.42 Å².